The lowest BCUT2D eigenvalue weighted by Gasteiger charge is -2.12. The monoisotopic (exact) mass is 301 g/mol. The van der Waals surface area contributed by atoms with Crippen LogP contribution in [0.15, 0.2) is 36.4 Å². The largest absolute Gasteiger partial charge is 0.497 e. The van der Waals surface area contributed by atoms with Crippen LogP contribution >= 0.6 is 0 Å². The molecule has 0 saturated heterocycles. The molecule has 2 rings (SSSR count). The van der Waals surface area contributed by atoms with Crippen LogP contribution in [0.1, 0.15) is 5.56 Å². The molecule has 0 fully saturated rings. The number of nitrogens with two attached hydrogens (primary N) is 2. The number of anilines is 3. The van der Waals surface area contributed by atoms with Crippen molar-refractivity contribution in [1.82, 2.24) is 0 Å². The van der Waals surface area contributed by atoms with E-state index in [-0.39, 0.29) is 12.3 Å². The van der Waals surface area contributed by atoms with E-state index in [1.807, 2.05) is 0 Å². The van der Waals surface area contributed by atoms with Gasteiger partial charge in [0.15, 0.2) is 0 Å². The molecule has 6 nitrogen and oxygen atoms in total. The standard InChI is InChI=1S/C16H19N3O3/c1-21-12-5-6-14(15(9-12)22-2)19-16(20)7-10-3-4-11(17)8-13(10)18/h3-6,8-9H,7,17-18H2,1-2H3,(H,19,20). The maximum atomic E-state index is 12.2. The third kappa shape index (κ3) is 3.60. The number of amides is 1. The first-order valence-electron chi connectivity index (χ1n) is 6.69. The zero-order valence-corrected chi connectivity index (χ0v) is 12.6. The molecule has 0 saturated carbocycles. The van der Waals surface area contributed by atoms with Crippen LogP contribution in [-0.2, 0) is 11.2 Å². The smallest absolute Gasteiger partial charge is 0.228 e. The Kier molecular flexibility index (Phi) is 4.73. The number of rotatable bonds is 5. The first-order valence-corrected chi connectivity index (χ1v) is 6.69. The van der Waals surface area contributed by atoms with Crippen LogP contribution in [0.25, 0.3) is 0 Å². The first-order chi connectivity index (χ1) is 10.5. The van der Waals surface area contributed by atoms with Gasteiger partial charge >= 0.3 is 0 Å². The Morgan fingerprint density at radius 3 is 2.50 bits per heavy atom. The molecule has 0 bridgehead atoms. The van der Waals surface area contributed by atoms with Crippen LogP contribution in [0.5, 0.6) is 11.5 Å². The van der Waals surface area contributed by atoms with Gasteiger partial charge in [0.1, 0.15) is 11.5 Å². The van der Waals surface area contributed by atoms with Gasteiger partial charge in [-0.15, -0.1) is 0 Å². The molecule has 2 aromatic rings. The summed E-state index contributed by atoms with van der Waals surface area (Å²) in [4.78, 5) is 12.2. The Morgan fingerprint density at radius 2 is 1.86 bits per heavy atom. The Bertz CT molecular complexity index is 686. The van der Waals surface area contributed by atoms with Crippen molar-refractivity contribution in [2.75, 3.05) is 31.0 Å². The van der Waals surface area contributed by atoms with Gasteiger partial charge in [-0.2, -0.15) is 0 Å². The molecular formula is C16H19N3O3. The van der Waals surface area contributed by atoms with Gasteiger partial charge in [0.05, 0.1) is 26.3 Å². The predicted molar refractivity (Wildman–Crippen MR) is 87.1 cm³/mol. The number of carbonyl (C=O) groups is 1. The molecule has 5 N–H and O–H groups in total. The average molecular weight is 301 g/mol. The van der Waals surface area contributed by atoms with Crippen molar-refractivity contribution < 1.29 is 14.3 Å². The molecule has 6 heteroatoms. The second-order valence-corrected chi connectivity index (χ2v) is 4.75. The normalized spacial score (nSPS) is 10.1. The number of nitrogens with one attached hydrogen (secondary N) is 1. The fraction of sp³-hybridized carbons (Fsp3) is 0.188. The number of methoxy groups -OCH3 is 2. The van der Waals surface area contributed by atoms with Gasteiger partial charge < -0.3 is 26.3 Å². The number of benzene rings is 2. The fourth-order valence-corrected chi connectivity index (χ4v) is 2.04. The minimum atomic E-state index is -0.195. The summed E-state index contributed by atoms with van der Waals surface area (Å²) in [6.07, 6.45) is 0.154. The Hall–Kier alpha value is -2.89. The molecule has 2 aromatic carbocycles. The van der Waals surface area contributed by atoms with Gasteiger partial charge in [-0.25, -0.2) is 0 Å². The second kappa shape index (κ2) is 6.71. The van der Waals surface area contributed by atoms with Crippen LogP contribution in [0.4, 0.5) is 17.1 Å². The molecule has 0 aliphatic rings. The number of hydrogen-bond donors (Lipinski definition) is 3. The van der Waals surface area contributed by atoms with Gasteiger partial charge in [0.2, 0.25) is 5.91 Å². The van der Waals surface area contributed by atoms with Crippen molar-refractivity contribution in [1.29, 1.82) is 0 Å². The first kappa shape index (κ1) is 15.5. The zero-order valence-electron chi connectivity index (χ0n) is 12.6. The van der Waals surface area contributed by atoms with Crippen LogP contribution in [0, 0.1) is 0 Å². The molecule has 0 spiro atoms. The minimum Gasteiger partial charge on any atom is -0.497 e. The number of carbonyl (C=O) groups excluding carboxylic acids is 1. The van der Waals surface area contributed by atoms with E-state index in [1.54, 1.807) is 43.5 Å². The Morgan fingerprint density at radius 1 is 1.09 bits per heavy atom. The molecule has 0 heterocycles. The zero-order chi connectivity index (χ0) is 16.1. The summed E-state index contributed by atoms with van der Waals surface area (Å²) in [6, 6.07) is 10.3. The van der Waals surface area contributed by atoms with Crippen LogP contribution < -0.4 is 26.3 Å². The van der Waals surface area contributed by atoms with Crippen LogP contribution in [-0.4, -0.2) is 20.1 Å². The lowest BCUT2D eigenvalue weighted by atomic mass is 10.1. The summed E-state index contributed by atoms with van der Waals surface area (Å²) >= 11 is 0. The second-order valence-electron chi connectivity index (χ2n) is 4.75. The molecule has 0 atom stereocenters. The Balaban J connectivity index is 2.12. The predicted octanol–water partition coefficient (Wildman–Crippen LogP) is 2.05. The summed E-state index contributed by atoms with van der Waals surface area (Å²) in [5.41, 5.74) is 13.9. The van der Waals surface area contributed by atoms with Gasteiger partial charge in [0.25, 0.3) is 0 Å². The van der Waals surface area contributed by atoms with Gasteiger partial charge in [0, 0.05) is 17.4 Å². The molecule has 22 heavy (non-hydrogen) atoms. The lowest BCUT2D eigenvalue weighted by Crippen LogP contribution is -2.16. The molecular weight excluding hydrogens is 282 g/mol. The summed E-state index contributed by atoms with van der Waals surface area (Å²) in [7, 11) is 3.10. The van der Waals surface area contributed by atoms with Crippen molar-refractivity contribution in [2.45, 2.75) is 6.42 Å². The van der Waals surface area contributed by atoms with Gasteiger partial charge in [-0.3, -0.25) is 4.79 Å². The van der Waals surface area contributed by atoms with Gasteiger partial charge in [-0.05, 0) is 29.8 Å². The van der Waals surface area contributed by atoms with Crippen molar-refractivity contribution >= 4 is 23.0 Å². The molecule has 0 aromatic heterocycles. The quantitative estimate of drug-likeness (QED) is 0.734. The number of nitrogen functional groups attached to an aromatic ring is 2. The summed E-state index contributed by atoms with van der Waals surface area (Å²) < 4.78 is 10.4. The van der Waals surface area contributed by atoms with E-state index in [1.165, 1.54) is 7.11 Å². The van der Waals surface area contributed by atoms with Crippen molar-refractivity contribution in [2.24, 2.45) is 0 Å². The number of hydrogen-bond acceptors (Lipinski definition) is 5. The van der Waals surface area contributed by atoms with E-state index in [9.17, 15) is 4.79 Å². The molecule has 116 valence electrons. The van der Waals surface area contributed by atoms with Crippen molar-refractivity contribution in [3.63, 3.8) is 0 Å². The third-order valence-corrected chi connectivity index (χ3v) is 3.20. The minimum absolute atomic E-state index is 0.154. The van der Waals surface area contributed by atoms with Crippen molar-refractivity contribution in [3.05, 3.63) is 42.0 Å². The van der Waals surface area contributed by atoms with E-state index in [4.69, 9.17) is 20.9 Å². The third-order valence-electron chi connectivity index (χ3n) is 3.20. The average Bonchev–Trinajstić information content (AvgIpc) is 2.50. The maximum absolute atomic E-state index is 12.2. The molecule has 1 amide bonds. The summed E-state index contributed by atoms with van der Waals surface area (Å²) in [6.45, 7) is 0. The highest BCUT2D eigenvalue weighted by Gasteiger charge is 2.11. The fourth-order valence-electron chi connectivity index (χ4n) is 2.04. The maximum Gasteiger partial charge on any atom is 0.228 e. The summed E-state index contributed by atoms with van der Waals surface area (Å²) in [5.74, 6) is 0.982. The number of ether oxygens (including phenoxy) is 2. The summed E-state index contributed by atoms with van der Waals surface area (Å²) in [5, 5.41) is 2.80. The molecule has 0 aliphatic carbocycles. The van der Waals surface area contributed by atoms with E-state index in [0.29, 0.717) is 28.6 Å². The van der Waals surface area contributed by atoms with Crippen LogP contribution in [0.3, 0.4) is 0 Å². The van der Waals surface area contributed by atoms with E-state index < -0.39 is 0 Å². The highest BCUT2D eigenvalue weighted by molar-refractivity contribution is 5.94. The van der Waals surface area contributed by atoms with Crippen molar-refractivity contribution in [3.8, 4) is 11.5 Å². The lowest BCUT2D eigenvalue weighted by molar-refractivity contribution is -0.115. The van der Waals surface area contributed by atoms with E-state index in [2.05, 4.69) is 5.32 Å². The highest BCUT2D eigenvalue weighted by atomic mass is 16.5. The van der Waals surface area contributed by atoms with E-state index in [0.717, 1.165) is 5.56 Å². The molecule has 0 radical (unpaired) electrons. The van der Waals surface area contributed by atoms with E-state index >= 15 is 0 Å². The highest BCUT2D eigenvalue weighted by Crippen LogP contribution is 2.29. The molecule has 0 aliphatic heterocycles. The SMILES string of the molecule is COc1ccc(NC(=O)Cc2ccc(N)cc2N)c(OC)c1. The van der Waals surface area contributed by atoms with Gasteiger partial charge in [-0.1, -0.05) is 6.07 Å². The topological polar surface area (TPSA) is 99.6 Å². The Labute approximate surface area is 129 Å². The molecule has 0 unspecified atom stereocenters. The van der Waals surface area contributed by atoms with Crippen LogP contribution in [0.2, 0.25) is 0 Å².